The van der Waals surface area contributed by atoms with Gasteiger partial charge < -0.3 is 10.1 Å². The van der Waals surface area contributed by atoms with Crippen LogP contribution in [0.15, 0.2) is 42.9 Å². The predicted octanol–water partition coefficient (Wildman–Crippen LogP) is 1.20. The third-order valence-corrected chi connectivity index (χ3v) is 2.50. The molecule has 1 N–H and O–H groups in total. The maximum absolute atomic E-state index is 12.7. The Bertz CT molecular complexity index is 617. The van der Waals surface area contributed by atoms with Gasteiger partial charge in [-0.3, -0.25) is 9.78 Å². The minimum absolute atomic E-state index is 0.00219. The van der Waals surface area contributed by atoms with E-state index < -0.39 is 17.7 Å². The van der Waals surface area contributed by atoms with E-state index >= 15 is 0 Å². The number of nitrogens with zero attached hydrogens (tertiary/aromatic N) is 2. The fourth-order valence-electron chi connectivity index (χ4n) is 1.48. The smallest absolute Gasteiger partial charge is 0.338 e. The first-order chi connectivity index (χ1) is 10.2. The van der Waals surface area contributed by atoms with Gasteiger partial charge in [-0.15, -0.1) is 0 Å². The van der Waals surface area contributed by atoms with Gasteiger partial charge in [-0.1, -0.05) is 0 Å². The number of carbonyl (C=O) groups is 2. The molecule has 7 heteroatoms. The summed E-state index contributed by atoms with van der Waals surface area (Å²) < 4.78 is 17.6. The van der Waals surface area contributed by atoms with Crippen molar-refractivity contribution < 1.29 is 18.7 Å². The van der Waals surface area contributed by atoms with E-state index in [1.165, 1.54) is 42.9 Å². The molecular formula is C14H12FN3O3. The van der Waals surface area contributed by atoms with Crippen molar-refractivity contribution in [1.29, 1.82) is 0 Å². The minimum Gasteiger partial charge on any atom is -0.460 e. The monoisotopic (exact) mass is 289 g/mol. The highest BCUT2D eigenvalue weighted by Crippen LogP contribution is 2.04. The van der Waals surface area contributed by atoms with Gasteiger partial charge in [0.15, 0.2) is 0 Å². The van der Waals surface area contributed by atoms with Crippen molar-refractivity contribution in [2.24, 2.45) is 0 Å². The molecule has 0 aliphatic carbocycles. The molecule has 0 aliphatic rings. The summed E-state index contributed by atoms with van der Waals surface area (Å²) in [6.45, 7) is 0.143. The van der Waals surface area contributed by atoms with Crippen molar-refractivity contribution in [2.45, 2.75) is 0 Å². The van der Waals surface area contributed by atoms with Crippen LogP contribution in [-0.4, -0.2) is 35.0 Å². The molecule has 0 atom stereocenters. The van der Waals surface area contributed by atoms with E-state index in [0.29, 0.717) is 0 Å². The number of rotatable bonds is 5. The van der Waals surface area contributed by atoms with Crippen molar-refractivity contribution in [1.82, 2.24) is 15.3 Å². The van der Waals surface area contributed by atoms with Crippen LogP contribution in [0, 0.1) is 5.82 Å². The summed E-state index contributed by atoms with van der Waals surface area (Å²) in [7, 11) is 0. The summed E-state index contributed by atoms with van der Waals surface area (Å²) in [5.74, 6) is -1.41. The molecule has 1 aromatic carbocycles. The average molecular weight is 289 g/mol. The number of hydrogen-bond acceptors (Lipinski definition) is 5. The van der Waals surface area contributed by atoms with Gasteiger partial charge in [0, 0.05) is 12.4 Å². The molecular weight excluding hydrogens is 277 g/mol. The Hall–Kier alpha value is -2.83. The highest BCUT2D eigenvalue weighted by molar-refractivity contribution is 5.92. The fourth-order valence-corrected chi connectivity index (χ4v) is 1.48. The lowest BCUT2D eigenvalue weighted by atomic mass is 10.2. The van der Waals surface area contributed by atoms with Crippen LogP contribution >= 0.6 is 0 Å². The number of amides is 1. The van der Waals surface area contributed by atoms with Gasteiger partial charge in [0.1, 0.15) is 18.1 Å². The third kappa shape index (κ3) is 4.34. The molecule has 1 amide bonds. The number of carbonyl (C=O) groups excluding carboxylic acids is 2. The van der Waals surface area contributed by atoms with Gasteiger partial charge in [0.25, 0.3) is 5.91 Å². The summed E-state index contributed by atoms with van der Waals surface area (Å²) in [6, 6.07) is 5.00. The van der Waals surface area contributed by atoms with Gasteiger partial charge in [-0.2, -0.15) is 0 Å². The molecule has 0 bridgehead atoms. The predicted molar refractivity (Wildman–Crippen MR) is 71.0 cm³/mol. The first kappa shape index (κ1) is 14.6. The third-order valence-electron chi connectivity index (χ3n) is 2.50. The number of benzene rings is 1. The van der Waals surface area contributed by atoms with Crippen molar-refractivity contribution in [3.63, 3.8) is 0 Å². The molecule has 6 nitrogen and oxygen atoms in total. The zero-order valence-electron chi connectivity index (χ0n) is 11.0. The Balaban J connectivity index is 1.73. The quantitative estimate of drug-likeness (QED) is 0.661. The normalized spacial score (nSPS) is 9.95. The van der Waals surface area contributed by atoms with E-state index in [4.69, 9.17) is 4.74 Å². The first-order valence-corrected chi connectivity index (χ1v) is 6.14. The average Bonchev–Trinajstić information content (AvgIpc) is 2.52. The Kier molecular flexibility index (Phi) is 4.92. The largest absolute Gasteiger partial charge is 0.460 e. The Morgan fingerprint density at radius 2 is 1.95 bits per heavy atom. The second-order valence-corrected chi connectivity index (χ2v) is 3.99. The van der Waals surface area contributed by atoms with Crippen LogP contribution in [0.25, 0.3) is 0 Å². The van der Waals surface area contributed by atoms with E-state index in [1.807, 2.05) is 0 Å². The number of nitrogens with one attached hydrogen (secondary N) is 1. The summed E-state index contributed by atoms with van der Waals surface area (Å²) in [6.07, 6.45) is 4.20. The zero-order chi connectivity index (χ0) is 15.1. The lowest BCUT2D eigenvalue weighted by Crippen LogP contribution is -2.28. The molecule has 2 rings (SSSR count). The van der Waals surface area contributed by atoms with Crippen LogP contribution in [0.3, 0.4) is 0 Å². The van der Waals surface area contributed by atoms with Gasteiger partial charge in [-0.05, 0) is 24.3 Å². The van der Waals surface area contributed by atoms with Gasteiger partial charge in [0.05, 0.1) is 18.3 Å². The summed E-state index contributed by atoms with van der Waals surface area (Å²) in [4.78, 5) is 30.8. The Labute approximate surface area is 120 Å². The van der Waals surface area contributed by atoms with E-state index in [9.17, 15) is 14.0 Å². The molecule has 0 saturated heterocycles. The molecule has 0 spiro atoms. The van der Waals surface area contributed by atoms with Crippen LogP contribution in [0.1, 0.15) is 20.8 Å². The summed E-state index contributed by atoms with van der Waals surface area (Å²) in [5.41, 5.74) is 0.430. The maximum Gasteiger partial charge on any atom is 0.338 e. The molecule has 0 saturated carbocycles. The van der Waals surface area contributed by atoms with Gasteiger partial charge in [-0.25, -0.2) is 14.2 Å². The highest BCUT2D eigenvalue weighted by Gasteiger charge is 2.08. The molecule has 1 aromatic heterocycles. The highest BCUT2D eigenvalue weighted by atomic mass is 19.1. The number of ether oxygens (including phenoxy) is 1. The first-order valence-electron chi connectivity index (χ1n) is 6.14. The van der Waals surface area contributed by atoms with E-state index in [2.05, 4.69) is 15.3 Å². The molecule has 0 aliphatic heterocycles. The Morgan fingerprint density at radius 3 is 2.62 bits per heavy atom. The second kappa shape index (κ2) is 7.09. The number of esters is 1. The van der Waals surface area contributed by atoms with Gasteiger partial charge in [0.2, 0.25) is 0 Å². The van der Waals surface area contributed by atoms with Crippen LogP contribution in [0.2, 0.25) is 0 Å². The minimum atomic E-state index is -0.580. The van der Waals surface area contributed by atoms with Crippen LogP contribution in [0.4, 0.5) is 4.39 Å². The number of aromatic nitrogens is 2. The maximum atomic E-state index is 12.7. The van der Waals surface area contributed by atoms with E-state index in [1.54, 1.807) is 0 Å². The standard InChI is InChI=1S/C14H12FN3O3/c15-11-3-1-10(2-4-11)14(20)21-8-7-18-13(19)12-9-16-5-6-17-12/h1-6,9H,7-8H2,(H,18,19). The topological polar surface area (TPSA) is 81.2 Å². The second-order valence-electron chi connectivity index (χ2n) is 3.99. The van der Waals surface area contributed by atoms with Crippen molar-refractivity contribution in [3.8, 4) is 0 Å². The van der Waals surface area contributed by atoms with Crippen molar-refractivity contribution >= 4 is 11.9 Å². The zero-order valence-corrected chi connectivity index (χ0v) is 11.0. The molecule has 1 heterocycles. The summed E-state index contributed by atoms with van der Waals surface area (Å²) in [5, 5.41) is 2.54. The Morgan fingerprint density at radius 1 is 1.19 bits per heavy atom. The van der Waals surface area contributed by atoms with Crippen LogP contribution in [-0.2, 0) is 4.74 Å². The van der Waals surface area contributed by atoms with Crippen LogP contribution < -0.4 is 5.32 Å². The van der Waals surface area contributed by atoms with Crippen molar-refractivity contribution in [2.75, 3.05) is 13.2 Å². The number of halogens is 1. The van der Waals surface area contributed by atoms with E-state index in [0.717, 1.165) is 0 Å². The summed E-state index contributed by atoms with van der Waals surface area (Å²) >= 11 is 0. The fraction of sp³-hybridized carbons (Fsp3) is 0.143. The lowest BCUT2D eigenvalue weighted by molar-refractivity contribution is 0.0503. The molecule has 21 heavy (non-hydrogen) atoms. The number of hydrogen-bond donors (Lipinski definition) is 1. The van der Waals surface area contributed by atoms with Crippen molar-refractivity contribution in [3.05, 3.63) is 59.9 Å². The molecule has 0 fully saturated rings. The lowest BCUT2D eigenvalue weighted by Gasteiger charge is -2.06. The SMILES string of the molecule is O=C(OCCNC(=O)c1cnccn1)c1ccc(F)cc1. The molecule has 2 aromatic rings. The van der Waals surface area contributed by atoms with Crippen LogP contribution in [0.5, 0.6) is 0 Å². The molecule has 0 unspecified atom stereocenters. The molecule has 108 valence electrons. The molecule has 0 radical (unpaired) electrons. The van der Waals surface area contributed by atoms with Gasteiger partial charge >= 0.3 is 5.97 Å². The van der Waals surface area contributed by atoms with E-state index in [-0.39, 0.29) is 24.4 Å².